The molecular formula is C26H30N4O3. The minimum Gasteiger partial charge on any atom is -0.457 e. The molecule has 0 unspecified atom stereocenters. The van der Waals surface area contributed by atoms with Crippen molar-refractivity contribution in [3.63, 3.8) is 0 Å². The van der Waals surface area contributed by atoms with Crippen LogP contribution in [0.4, 0.5) is 10.5 Å². The zero-order valence-corrected chi connectivity index (χ0v) is 19.0. The number of para-hydroxylation sites is 1. The van der Waals surface area contributed by atoms with Crippen LogP contribution in [0.3, 0.4) is 0 Å². The summed E-state index contributed by atoms with van der Waals surface area (Å²) in [5.74, 6) is 1.18. The molecule has 0 heterocycles. The molecule has 7 heteroatoms. The molecule has 33 heavy (non-hydrogen) atoms. The lowest BCUT2D eigenvalue weighted by atomic mass is 10.1. The van der Waals surface area contributed by atoms with Gasteiger partial charge in [-0.05, 0) is 56.1 Å². The number of hydrogen-bond acceptors (Lipinski definition) is 4. The van der Waals surface area contributed by atoms with Crippen molar-refractivity contribution in [1.82, 2.24) is 15.5 Å². The molecule has 3 N–H and O–H groups in total. The molecular weight excluding hydrogens is 416 g/mol. The monoisotopic (exact) mass is 446 g/mol. The number of amides is 3. The molecule has 3 amide bonds. The number of carbonyl (C=O) groups is 2. The van der Waals surface area contributed by atoms with Crippen LogP contribution in [-0.2, 0) is 11.2 Å². The van der Waals surface area contributed by atoms with Gasteiger partial charge >= 0.3 is 6.03 Å². The van der Waals surface area contributed by atoms with E-state index in [1.54, 1.807) is 24.3 Å². The van der Waals surface area contributed by atoms with Crippen molar-refractivity contribution in [1.29, 1.82) is 0 Å². The Morgan fingerprint density at radius 2 is 1.45 bits per heavy atom. The van der Waals surface area contributed by atoms with Crippen molar-refractivity contribution in [3.05, 3.63) is 90.5 Å². The summed E-state index contributed by atoms with van der Waals surface area (Å²) in [6.07, 6.45) is 0.395. The topological polar surface area (TPSA) is 82.7 Å². The summed E-state index contributed by atoms with van der Waals surface area (Å²) in [4.78, 5) is 27.4. The number of nitrogens with one attached hydrogen (secondary N) is 3. The van der Waals surface area contributed by atoms with E-state index in [-0.39, 0.29) is 5.91 Å². The maximum atomic E-state index is 12.7. The van der Waals surface area contributed by atoms with Gasteiger partial charge in [0.1, 0.15) is 17.5 Å². The predicted octanol–water partition coefficient (Wildman–Crippen LogP) is 3.89. The van der Waals surface area contributed by atoms with Gasteiger partial charge < -0.3 is 25.6 Å². The number of likely N-dealkylation sites (N-methyl/N-ethyl adjacent to an activating group) is 1. The van der Waals surface area contributed by atoms with Crippen molar-refractivity contribution in [3.8, 4) is 11.5 Å². The van der Waals surface area contributed by atoms with E-state index >= 15 is 0 Å². The number of nitrogens with zero attached hydrogens (tertiary/aromatic N) is 1. The molecule has 3 rings (SSSR count). The second-order valence-corrected chi connectivity index (χ2v) is 7.87. The highest BCUT2D eigenvalue weighted by Gasteiger charge is 2.21. The summed E-state index contributed by atoms with van der Waals surface area (Å²) in [5, 5.41) is 8.48. The van der Waals surface area contributed by atoms with E-state index in [0.717, 1.165) is 11.3 Å². The quantitative estimate of drug-likeness (QED) is 0.441. The average Bonchev–Trinajstić information content (AvgIpc) is 2.81. The third-order valence-electron chi connectivity index (χ3n) is 4.85. The zero-order valence-electron chi connectivity index (χ0n) is 19.0. The van der Waals surface area contributed by atoms with Gasteiger partial charge in [-0.15, -0.1) is 0 Å². The fraction of sp³-hybridized carbons (Fsp3) is 0.231. The Morgan fingerprint density at radius 1 is 0.848 bits per heavy atom. The van der Waals surface area contributed by atoms with E-state index < -0.39 is 12.1 Å². The third kappa shape index (κ3) is 8.31. The summed E-state index contributed by atoms with van der Waals surface area (Å²) < 4.78 is 5.77. The summed E-state index contributed by atoms with van der Waals surface area (Å²) >= 11 is 0. The van der Waals surface area contributed by atoms with Crippen LogP contribution < -0.4 is 20.7 Å². The van der Waals surface area contributed by atoms with E-state index in [2.05, 4.69) is 16.0 Å². The van der Waals surface area contributed by atoms with E-state index in [4.69, 9.17) is 4.74 Å². The fourth-order valence-electron chi connectivity index (χ4n) is 3.14. The first-order valence-corrected chi connectivity index (χ1v) is 10.9. The normalized spacial score (nSPS) is 11.5. The summed E-state index contributed by atoms with van der Waals surface area (Å²) in [5.41, 5.74) is 1.56. The van der Waals surface area contributed by atoms with Crippen molar-refractivity contribution in [2.45, 2.75) is 12.5 Å². The van der Waals surface area contributed by atoms with Gasteiger partial charge in [-0.1, -0.05) is 48.5 Å². The number of anilines is 1. The van der Waals surface area contributed by atoms with Gasteiger partial charge in [0, 0.05) is 25.2 Å². The Kier molecular flexibility index (Phi) is 8.85. The zero-order chi connectivity index (χ0) is 23.5. The SMILES string of the molecule is CN(C)CCNC(=O)[C@H](Cc1ccccc1)NC(=O)Nc1ccc(Oc2ccccc2)cc1. The Hall–Kier alpha value is -3.84. The Labute approximate surface area is 194 Å². The van der Waals surface area contributed by atoms with Crippen molar-refractivity contribution in [2.75, 3.05) is 32.5 Å². The minimum atomic E-state index is -0.699. The number of hydrogen-bond donors (Lipinski definition) is 3. The molecule has 0 fully saturated rings. The second-order valence-electron chi connectivity index (χ2n) is 7.87. The second kappa shape index (κ2) is 12.3. The summed E-state index contributed by atoms with van der Waals surface area (Å²) in [6, 6.07) is 25.0. The molecule has 7 nitrogen and oxygen atoms in total. The van der Waals surface area contributed by atoms with Crippen LogP contribution in [-0.4, -0.2) is 50.1 Å². The van der Waals surface area contributed by atoms with Crippen LogP contribution in [0.5, 0.6) is 11.5 Å². The molecule has 0 aromatic heterocycles. The predicted molar refractivity (Wildman–Crippen MR) is 131 cm³/mol. The maximum Gasteiger partial charge on any atom is 0.319 e. The van der Waals surface area contributed by atoms with Crippen LogP contribution in [0.2, 0.25) is 0 Å². The third-order valence-corrected chi connectivity index (χ3v) is 4.85. The van der Waals surface area contributed by atoms with Gasteiger partial charge in [0.05, 0.1) is 0 Å². The number of urea groups is 1. The van der Waals surface area contributed by atoms with E-state index in [1.165, 1.54) is 0 Å². The van der Waals surface area contributed by atoms with Crippen LogP contribution >= 0.6 is 0 Å². The standard InChI is InChI=1S/C26H30N4O3/c1-30(2)18-17-27-25(31)24(19-20-9-5-3-6-10-20)29-26(32)28-21-13-15-23(16-14-21)33-22-11-7-4-8-12-22/h3-16,24H,17-19H2,1-2H3,(H,27,31)(H2,28,29,32)/t24-/m0/s1. The number of benzene rings is 3. The summed E-state index contributed by atoms with van der Waals surface area (Å²) in [7, 11) is 3.88. The highest BCUT2D eigenvalue weighted by atomic mass is 16.5. The van der Waals surface area contributed by atoms with Crippen molar-refractivity contribution in [2.24, 2.45) is 0 Å². The Bertz CT molecular complexity index is 1010. The van der Waals surface area contributed by atoms with E-state index in [0.29, 0.717) is 30.9 Å². The van der Waals surface area contributed by atoms with Crippen molar-refractivity contribution >= 4 is 17.6 Å². The average molecular weight is 447 g/mol. The molecule has 3 aromatic carbocycles. The highest BCUT2D eigenvalue weighted by molar-refractivity contribution is 5.93. The van der Waals surface area contributed by atoms with E-state index in [9.17, 15) is 9.59 Å². The first-order valence-electron chi connectivity index (χ1n) is 10.9. The molecule has 3 aromatic rings. The molecule has 0 saturated carbocycles. The largest absolute Gasteiger partial charge is 0.457 e. The summed E-state index contributed by atoms with van der Waals surface area (Å²) in [6.45, 7) is 1.22. The first kappa shape index (κ1) is 23.8. The minimum absolute atomic E-state index is 0.220. The van der Waals surface area contributed by atoms with Crippen LogP contribution in [0.1, 0.15) is 5.56 Å². The van der Waals surface area contributed by atoms with Crippen LogP contribution in [0.15, 0.2) is 84.9 Å². The van der Waals surface area contributed by atoms with Gasteiger partial charge in [-0.3, -0.25) is 4.79 Å². The smallest absolute Gasteiger partial charge is 0.319 e. The Balaban J connectivity index is 1.59. The van der Waals surface area contributed by atoms with Crippen molar-refractivity contribution < 1.29 is 14.3 Å². The lowest BCUT2D eigenvalue weighted by Crippen LogP contribution is -2.50. The number of rotatable bonds is 10. The highest BCUT2D eigenvalue weighted by Crippen LogP contribution is 2.22. The molecule has 172 valence electrons. The lowest BCUT2D eigenvalue weighted by molar-refractivity contribution is -0.122. The molecule has 1 atom stereocenters. The first-order chi connectivity index (χ1) is 16.0. The van der Waals surface area contributed by atoms with Gasteiger partial charge in [0.25, 0.3) is 0 Å². The van der Waals surface area contributed by atoms with E-state index in [1.807, 2.05) is 79.7 Å². The lowest BCUT2D eigenvalue weighted by Gasteiger charge is -2.20. The molecule has 0 bridgehead atoms. The molecule has 0 saturated heterocycles. The van der Waals surface area contributed by atoms with Gasteiger partial charge in [-0.25, -0.2) is 4.79 Å². The van der Waals surface area contributed by atoms with Gasteiger partial charge in [-0.2, -0.15) is 0 Å². The van der Waals surface area contributed by atoms with Crippen LogP contribution in [0.25, 0.3) is 0 Å². The Morgan fingerprint density at radius 3 is 2.09 bits per heavy atom. The molecule has 0 aliphatic heterocycles. The molecule has 0 spiro atoms. The number of carbonyl (C=O) groups excluding carboxylic acids is 2. The van der Waals surface area contributed by atoms with Gasteiger partial charge in [0.2, 0.25) is 5.91 Å². The maximum absolute atomic E-state index is 12.7. The molecule has 0 aliphatic carbocycles. The molecule has 0 aliphatic rings. The van der Waals surface area contributed by atoms with Gasteiger partial charge in [0.15, 0.2) is 0 Å². The molecule has 0 radical (unpaired) electrons. The van der Waals surface area contributed by atoms with Crippen LogP contribution in [0, 0.1) is 0 Å². The fourth-order valence-corrected chi connectivity index (χ4v) is 3.14. The number of ether oxygens (including phenoxy) is 1.